The third-order valence-electron chi connectivity index (χ3n) is 2.74. The zero-order chi connectivity index (χ0) is 13.3. The molecule has 0 atom stereocenters. The molecule has 0 bridgehead atoms. The highest BCUT2D eigenvalue weighted by Crippen LogP contribution is 2.30. The lowest BCUT2D eigenvalue weighted by molar-refractivity contribution is 0.629. The molecule has 0 unspecified atom stereocenters. The fraction of sp³-hybridized carbons (Fsp3) is 0.143. The van der Waals surface area contributed by atoms with Gasteiger partial charge in [0, 0.05) is 11.8 Å². The Morgan fingerprint density at radius 2 is 1.83 bits per heavy atom. The normalized spacial score (nSPS) is 10.4. The summed E-state index contributed by atoms with van der Waals surface area (Å²) < 4.78 is 13.2. The number of hydrogen-bond acceptors (Lipinski definition) is 2. The number of nitrogens with two attached hydrogens (primary N) is 1. The third kappa shape index (κ3) is 2.57. The molecule has 2 nitrogen and oxygen atoms in total. The van der Waals surface area contributed by atoms with Crippen molar-refractivity contribution in [3.8, 4) is 0 Å². The Morgan fingerprint density at radius 3 is 2.50 bits per heavy atom. The number of benzene rings is 2. The molecule has 0 heterocycles. The molecule has 0 aliphatic heterocycles. The van der Waals surface area contributed by atoms with E-state index in [4.69, 9.17) is 17.3 Å². The van der Waals surface area contributed by atoms with E-state index in [1.165, 1.54) is 17.7 Å². The van der Waals surface area contributed by atoms with Crippen LogP contribution in [0.15, 0.2) is 30.3 Å². The fourth-order valence-corrected chi connectivity index (χ4v) is 1.93. The molecule has 0 aliphatic rings. The number of anilines is 3. The van der Waals surface area contributed by atoms with Crippen LogP contribution in [0, 0.1) is 19.7 Å². The average Bonchev–Trinajstić information content (AvgIpc) is 2.29. The molecule has 0 fully saturated rings. The molecule has 3 N–H and O–H groups in total. The Balaban J connectivity index is 2.37. The molecule has 0 aliphatic carbocycles. The van der Waals surface area contributed by atoms with E-state index in [2.05, 4.69) is 11.4 Å². The van der Waals surface area contributed by atoms with Gasteiger partial charge in [-0.3, -0.25) is 0 Å². The van der Waals surface area contributed by atoms with Crippen LogP contribution in [-0.4, -0.2) is 0 Å². The highest BCUT2D eigenvalue weighted by molar-refractivity contribution is 6.31. The second-order valence-corrected chi connectivity index (χ2v) is 4.70. The van der Waals surface area contributed by atoms with Crippen molar-refractivity contribution in [3.63, 3.8) is 0 Å². The van der Waals surface area contributed by atoms with Gasteiger partial charge in [0.05, 0.1) is 16.4 Å². The van der Waals surface area contributed by atoms with Gasteiger partial charge in [-0.15, -0.1) is 0 Å². The van der Waals surface area contributed by atoms with Crippen molar-refractivity contribution in [3.05, 3.63) is 52.3 Å². The molecule has 0 amide bonds. The molecular formula is C14H14ClFN2. The van der Waals surface area contributed by atoms with Crippen molar-refractivity contribution >= 4 is 28.7 Å². The van der Waals surface area contributed by atoms with Crippen LogP contribution in [0.1, 0.15) is 11.1 Å². The number of hydrogen-bond donors (Lipinski definition) is 2. The van der Waals surface area contributed by atoms with Crippen molar-refractivity contribution < 1.29 is 4.39 Å². The second kappa shape index (κ2) is 4.86. The second-order valence-electron chi connectivity index (χ2n) is 4.30. The van der Waals surface area contributed by atoms with E-state index in [0.29, 0.717) is 11.4 Å². The predicted molar refractivity (Wildman–Crippen MR) is 75.0 cm³/mol. The van der Waals surface area contributed by atoms with Gasteiger partial charge in [-0.25, -0.2) is 4.39 Å². The molecule has 0 aromatic heterocycles. The number of halogens is 2. The Morgan fingerprint density at radius 1 is 1.11 bits per heavy atom. The zero-order valence-corrected chi connectivity index (χ0v) is 11.0. The summed E-state index contributed by atoms with van der Waals surface area (Å²) in [5.74, 6) is -0.514. The lowest BCUT2D eigenvalue weighted by Crippen LogP contribution is -1.99. The molecule has 0 spiro atoms. The first kappa shape index (κ1) is 12.7. The van der Waals surface area contributed by atoms with Gasteiger partial charge in [-0.2, -0.15) is 0 Å². The van der Waals surface area contributed by atoms with Crippen molar-refractivity contribution in [2.24, 2.45) is 0 Å². The number of nitrogens with one attached hydrogen (secondary N) is 1. The number of aryl methyl sites for hydroxylation is 2. The highest BCUT2D eigenvalue weighted by atomic mass is 35.5. The van der Waals surface area contributed by atoms with E-state index < -0.39 is 5.82 Å². The van der Waals surface area contributed by atoms with Crippen LogP contribution in [-0.2, 0) is 0 Å². The van der Waals surface area contributed by atoms with Gasteiger partial charge in [-0.1, -0.05) is 29.3 Å². The van der Waals surface area contributed by atoms with E-state index in [1.807, 2.05) is 26.0 Å². The Labute approximate surface area is 111 Å². The molecule has 18 heavy (non-hydrogen) atoms. The number of nitrogen functional groups attached to an aromatic ring is 1. The van der Waals surface area contributed by atoms with E-state index in [0.717, 1.165) is 11.3 Å². The molecule has 0 radical (unpaired) electrons. The molecule has 4 heteroatoms. The lowest BCUT2D eigenvalue weighted by Gasteiger charge is -2.13. The summed E-state index contributed by atoms with van der Waals surface area (Å²) in [6.07, 6.45) is 0. The van der Waals surface area contributed by atoms with Crippen LogP contribution in [0.3, 0.4) is 0 Å². The first-order valence-corrected chi connectivity index (χ1v) is 5.94. The Kier molecular flexibility index (Phi) is 3.43. The first-order valence-electron chi connectivity index (χ1n) is 5.56. The van der Waals surface area contributed by atoms with Crippen molar-refractivity contribution in [2.45, 2.75) is 13.8 Å². The predicted octanol–water partition coefficient (Wildman–Crippen LogP) is 4.42. The van der Waals surface area contributed by atoms with E-state index in [-0.39, 0.29) is 5.02 Å². The summed E-state index contributed by atoms with van der Waals surface area (Å²) in [6.45, 7) is 4.02. The Bertz CT molecular complexity index is 597. The van der Waals surface area contributed by atoms with Gasteiger partial charge in [0.25, 0.3) is 0 Å². The first-order chi connectivity index (χ1) is 8.47. The minimum atomic E-state index is -0.514. The number of rotatable bonds is 2. The standard InChI is InChI=1S/C14H14ClFN2/c1-8-3-4-13(9(2)5-8)18-14-6-10(15)11(16)7-12(14)17/h3-7,18H,17H2,1-2H3. The average molecular weight is 265 g/mol. The molecule has 2 aromatic carbocycles. The molecule has 0 saturated heterocycles. The zero-order valence-electron chi connectivity index (χ0n) is 10.2. The van der Waals surface area contributed by atoms with Gasteiger partial charge in [0.2, 0.25) is 0 Å². The molecule has 2 aromatic rings. The quantitative estimate of drug-likeness (QED) is 0.788. The van der Waals surface area contributed by atoms with Crippen LogP contribution in [0.5, 0.6) is 0 Å². The third-order valence-corrected chi connectivity index (χ3v) is 3.03. The van der Waals surface area contributed by atoms with Crippen LogP contribution in [0.2, 0.25) is 5.02 Å². The lowest BCUT2D eigenvalue weighted by atomic mass is 10.1. The van der Waals surface area contributed by atoms with E-state index >= 15 is 0 Å². The minimum absolute atomic E-state index is 0.0523. The van der Waals surface area contributed by atoms with Gasteiger partial charge in [0.1, 0.15) is 5.82 Å². The van der Waals surface area contributed by atoms with Crippen LogP contribution >= 0.6 is 11.6 Å². The summed E-state index contributed by atoms with van der Waals surface area (Å²) in [7, 11) is 0. The smallest absolute Gasteiger partial charge is 0.143 e. The van der Waals surface area contributed by atoms with Crippen molar-refractivity contribution in [1.82, 2.24) is 0 Å². The van der Waals surface area contributed by atoms with E-state index in [1.54, 1.807) is 0 Å². The van der Waals surface area contributed by atoms with Gasteiger partial charge >= 0.3 is 0 Å². The topological polar surface area (TPSA) is 38.0 Å². The maximum Gasteiger partial charge on any atom is 0.143 e. The summed E-state index contributed by atoms with van der Waals surface area (Å²) in [5.41, 5.74) is 9.89. The summed E-state index contributed by atoms with van der Waals surface area (Å²) in [5, 5.41) is 3.21. The Hall–Kier alpha value is -1.74. The van der Waals surface area contributed by atoms with Gasteiger partial charge in [-0.05, 0) is 31.5 Å². The summed E-state index contributed by atoms with van der Waals surface area (Å²) >= 11 is 5.75. The summed E-state index contributed by atoms with van der Waals surface area (Å²) in [6, 6.07) is 8.72. The largest absolute Gasteiger partial charge is 0.397 e. The monoisotopic (exact) mass is 264 g/mol. The summed E-state index contributed by atoms with van der Waals surface area (Å²) in [4.78, 5) is 0. The molecule has 0 saturated carbocycles. The van der Waals surface area contributed by atoms with Crippen molar-refractivity contribution in [2.75, 3.05) is 11.1 Å². The van der Waals surface area contributed by atoms with Gasteiger partial charge < -0.3 is 11.1 Å². The minimum Gasteiger partial charge on any atom is -0.397 e. The van der Waals surface area contributed by atoms with Crippen molar-refractivity contribution in [1.29, 1.82) is 0 Å². The van der Waals surface area contributed by atoms with Crippen LogP contribution in [0.25, 0.3) is 0 Å². The molecule has 2 rings (SSSR count). The molecule has 94 valence electrons. The van der Waals surface area contributed by atoms with E-state index in [9.17, 15) is 4.39 Å². The SMILES string of the molecule is Cc1ccc(Nc2cc(Cl)c(F)cc2N)c(C)c1. The maximum absolute atomic E-state index is 13.2. The highest BCUT2D eigenvalue weighted by Gasteiger charge is 2.07. The maximum atomic E-state index is 13.2. The fourth-order valence-electron chi connectivity index (χ4n) is 1.77. The molecular weight excluding hydrogens is 251 g/mol. The van der Waals surface area contributed by atoms with Gasteiger partial charge in [0.15, 0.2) is 0 Å². The van der Waals surface area contributed by atoms with Crippen LogP contribution in [0.4, 0.5) is 21.5 Å². The van der Waals surface area contributed by atoms with Crippen LogP contribution < -0.4 is 11.1 Å².